The number of nitrogens with one attached hydrogen (secondary N) is 2. The van der Waals surface area contributed by atoms with Gasteiger partial charge in [-0.3, -0.25) is 15.0 Å². The lowest BCUT2D eigenvalue weighted by molar-refractivity contribution is -0.128. The number of halogens is 3. The second-order valence-electron chi connectivity index (χ2n) is 9.47. The molecule has 0 aromatic heterocycles. The molecule has 4 rings (SSSR count). The maximum Gasteiger partial charge on any atom is 0.256 e. The number of aliphatic hydroxyl groups is 1. The highest BCUT2D eigenvalue weighted by atomic mass is 19.1. The molecular weight excluding hydrogens is 483 g/mol. The molecule has 9 heteroatoms. The van der Waals surface area contributed by atoms with Crippen LogP contribution in [-0.4, -0.2) is 29.5 Å². The van der Waals surface area contributed by atoms with Crippen LogP contribution < -0.4 is 15.8 Å². The zero-order valence-electron chi connectivity index (χ0n) is 20.6. The first-order chi connectivity index (χ1) is 17.6. The minimum atomic E-state index is -1.27. The fourth-order valence-corrected chi connectivity index (χ4v) is 4.53. The number of nitrogens with zero attached hydrogens (tertiary/aromatic N) is 1. The zero-order valence-corrected chi connectivity index (χ0v) is 20.6. The van der Waals surface area contributed by atoms with E-state index in [2.05, 4.69) is 10.7 Å². The van der Waals surface area contributed by atoms with Gasteiger partial charge >= 0.3 is 0 Å². The van der Waals surface area contributed by atoms with Crippen LogP contribution >= 0.6 is 0 Å². The Labute approximate surface area is 213 Å². The number of hydrogen-bond acceptors (Lipinski definition) is 4. The van der Waals surface area contributed by atoms with E-state index in [1.165, 1.54) is 17.1 Å². The molecule has 1 heterocycles. The van der Waals surface area contributed by atoms with E-state index < -0.39 is 47.3 Å². The van der Waals surface area contributed by atoms with Crippen LogP contribution in [0.4, 0.5) is 18.9 Å². The monoisotopic (exact) mass is 511 g/mol. The summed E-state index contributed by atoms with van der Waals surface area (Å²) in [5, 5.41) is 14.6. The summed E-state index contributed by atoms with van der Waals surface area (Å²) in [6.45, 7) is 5.05. The lowest BCUT2D eigenvalue weighted by atomic mass is 9.92. The first kappa shape index (κ1) is 26.4. The van der Waals surface area contributed by atoms with Crippen LogP contribution in [-0.2, 0) is 9.59 Å². The average molecular weight is 512 g/mol. The molecule has 3 aromatic rings. The number of fused-ring (bicyclic) bond motifs is 3. The van der Waals surface area contributed by atoms with Gasteiger partial charge in [-0.25, -0.2) is 18.2 Å². The number of amides is 2. The van der Waals surface area contributed by atoms with Gasteiger partial charge in [0.1, 0.15) is 17.5 Å². The number of hydrogen-bond donors (Lipinski definition) is 3. The number of hydrazine groups is 1. The summed E-state index contributed by atoms with van der Waals surface area (Å²) in [4.78, 5) is 26.9. The highest BCUT2D eigenvalue weighted by molar-refractivity contribution is 6.06. The minimum Gasteiger partial charge on any atom is -0.387 e. The number of para-hydroxylation sites is 1. The van der Waals surface area contributed by atoms with E-state index in [0.29, 0.717) is 28.4 Å². The van der Waals surface area contributed by atoms with Gasteiger partial charge in [-0.2, -0.15) is 0 Å². The molecule has 0 aliphatic carbocycles. The third-order valence-electron chi connectivity index (χ3n) is 6.48. The van der Waals surface area contributed by atoms with Crippen molar-refractivity contribution in [1.29, 1.82) is 0 Å². The van der Waals surface area contributed by atoms with Crippen LogP contribution in [0.1, 0.15) is 43.9 Å². The van der Waals surface area contributed by atoms with Crippen LogP contribution in [0.3, 0.4) is 0 Å². The molecular formula is C28H28F3N3O3. The van der Waals surface area contributed by atoms with Gasteiger partial charge in [-0.1, -0.05) is 38.1 Å². The van der Waals surface area contributed by atoms with Gasteiger partial charge in [0.05, 0.1) is 23.8 Å². The number of benzene rings is 3. The van der Waals surface area contributed by atoms with Crippen molar-refractivity contribution in [2.24, 2.45) is 5.92 Å². The summed E-state index contributed by atoms with van der Waals surface area (Å²) < 4.78 is 41.2. The van der Waals surface area contributed by atoms with Gasteiger partial charge < -0.3 is 10.4 Å². The summed E-state index contributed by atoms with van der Waals surface area (Å²) in [5.74, 6) is -4.09. The molecule has 194 valence electrons. The van der Waals surface area contributed by atoms with Gasteiger partial charge in [0.15, 0.2) is 0 Å². The van der Waals surface area contributed by atoms with E-state index in [4.69, 9.17) is 0 Å². The summed E-state index contributed by atoms with van der Waals surface area (Å²) in [6.07, 6.45) is -1.27. The lowest BCUT2D eigenvalue weighted by Crippen LogP contribution is -2.56. The van der Waals surface area contributed by atoms with Gasteiger partial charge in [-0.15, -0.1) is 0 Å². The maximum atomic E-state index is 14.1. The van der Waals surface area contributed by atoms with Gasteiger partial charge in [0.25, 0.3) is 11.8 Å². The molecule has 2 amide bonds. The van der Waals surface area contributed by atoms with E-state index in [-0.39, 0.29) is 18.0 Å². The molecule has 1 aliphatic heterocycles. The molecule has 0 radical (unpaired) electrons. The Balaban J connectivity index is 1.58. The van der Waals surface area contributed by atoms with E-state index in [1.54, 1.807) is 51.1 Å². The minimum absolute atomic E-state index is 0.0309. The molecule has 3 atom stereocenters. The van der Waals surface area contributed by atoms with Crippen molar-refractivity contribution in [1.82, 2.24) is 10.7 Å². The van der Waals surface area contributed by atoms with E-state index in [1.807, 2.05) is 0 Å². The van der Waals surface area contributed by atoms with Crippen LogP contribution in [0, 0.1) is 23.4 Å². The normalized spacial score (nSPS) is 16.6. The first-order valence-electron chi connectivity index (χ1n) is 12.0. The quantitative estimate of drug-likeness (QED) is 0.433. The molecule has 0 fully saturated rings. The van der Waals surface area contributed by atoms with Gasteiger partial charge in [0.2, 0.25) is 0 Å². The van der Waals surface area contributed by atoms with Crippen molar-refractivity contribution >= 4 is 17.5 Å². The van der Waals surface area contributed by atoms with Crippen LogP contribution in [0.25, 0.3) is 11.1 Å². The Bertz CT molecular complexity index is 1310. The van der Waals surface area contributed by atoms with Crippen LogP contribution in [0.2, 0.25) is 0 Å². The van der Waals surface area contributed by atoms with Crippen LogP contribution in [0.5, 0.6) is 0 Å². The van der Waals surface area contributed by atoms with Gasteiger partial charge in [0, 0.05) is 18.2 Å². The fraction of sp³-hybridized carbons (Fsp3) is 0.286. The predicted octanol–water partition coefficient (Wildman–Crippen LogP) is 4.60. The summed E-state index contributed by atoms with van der Waals surface area (Å²) >= 11 is 0. The van der Waals surface area contributed by atoms with Crippen molar-refractivity contribution < 1.29 is 27.9 Å². The third kappa shape index (κ3) is 5.52. The van der Waals surface area contributed by atoms with Crippen molar-refractivity contribution in [3.05, 3.63) is 89.2 Å². The highest BCUT2D eigenvalue weighted by Gasteiger charge is 2.34. The van der Waals surface area contributed by atoms with Crippen molar-refractivity contribution in [3.8, 4) is 11.1 Å². The van der Waals surface area contributed by atoms with E-state index in [9.17, 15) is 27.9 Å². The molecule has 0 bridgehead atoms. The Morgan fingerprint density at radius 3 is 2.32 bits per heavy atom. The summed E-state index contributed by atoms with van der Waals surface area (Å²) in [5.41, 5.74) is 5.03. The van der Waals surface area contributed by atoms with Crippen molar-refractivity contribution in [3.63, 3.8) is 0 Å². The smallest absolute Gasteiger partial charge is 0.256 e. The highest BCUT2D eigenvalue weighted by Crippen LogP contribution is 2.40. The molecule has 0 saturated heterocycles. The molecule has 0 spiro atoms. The number of aliphatic hydroxyl groups excluding tert-OH is 1. The summed E-state index contributed by atoms with van der Waals surface area (Å²) in [7, 11) is 0. The summed E-state index contributed by atoms with van der Waals surface area (Å²) in [6, 6.07) is 13.2. The number of rotatable bonds is 7. The Morgan fingerprint density at radius 1 is 0.973 bits per heavy atom. The zero-order chi connectivity index (χ0) is 26.9. The maximum absolute atomic E-state index is 14.1. The van der Waals surface area contributed by atoms with E-state index >= 15 is 0 Å². The molecule has 37 heavy (non-hydrogen) atoms. The van der Waals surface area contributed by atoms with Crippen molar-refractivity contribution in [2.75, 3.05) is 11.6 Å². The van der Waals surface area contributed by atoms with Crippen LogP contribution in [0.15, 0.2) is 60.7 Å². The number of anilines is 1. The molecule has 1 aliphatic rings. The fourth-order valence-electron chi connectivity index (χ4n) is 4.53. The SMILES string of the molecule is CC1C(=O)N(NC(=O)[C@@H](NC[C@@H](O)c2cc(F)cc(F)c2)C(C)C)c2ccccc2-c2ccc(F)cc21. The molecule has 1 unspecified atom stereocenters. The average Bonchev–Trinajstić information content (AvgIpc) is 2.93. The van der Waals surface area contributed by atoms with E-state index in [0.717, 1.165) is 12.1 Å². The predicted molar refractivity (Wildman–Crippen MR) is 134 cm³/mol. The first-order valence-corrected chi connectivity index (χ1v) is 12.0. The lowest BCUT2D eigenvalue weighted by Gasteiger charge is -2.29. The standard InChI is InChI=1S/C28H28F3N3O3/c1-15(2)26(32-14-25(35)17-10-19(30)12-20(31)11-17)27(36)33-34-24-7-5-4-6-22(24)21-9-8-18(29)13-23(21)16(3)28(34)37/h4-13,15-16,25-26,32,35H,14H2,1-3H3,(H,33,36)/t16?,25-,26+/m1/s1. The number of carbonyl (C=O) groups is 2. The molecule has 6 nitrogen and oxygen atoms in total. The van der Waals surface area contributed by atoms with Crippen molar-refractivity contribution in [2.45, 2.75) is 38.8 Å². The number of carbonyl (C=O) groups excluding carboxylic acids is 2. The molecule has 3 N–H and O–H groups in total. The Hall–Kier alpha value is -3.69. The Morgan fingerprint density at radius 2 is 1.65 bits per heavy atom. The topological polar surface area (TPSA) is 81.7 Å². The second-order valence-corrected chi connectivity index (χ2v) is 9.47. The third-order valence-corrected chi connectivity index (χ3v) is 6.48. The Kier molecular flexibility index (Phi) is 7.65. The second kappa shape index (κ2) is 10.7. The largest absolute Gasteiger partial charge is 0.387 e. The molecule has 3 aromatic carbocycles. The van der Waals surface area contributed by atoms with Gasteiger partial charge in [-0.05, 0) is 59.9 Å². The molecule has 0 saturated carbocycles.